The summed E-state index contributed by atoms with van der Waals surface area (Å²) in [5.74, 6) is -1.50. The van der Waals surface area contributed by atoms with Gasteiger partial charge in [-0.05, 0) is 75.8 Å². The average molecular weight is 489 g/mol. The molecule has 0 aliphatic heterocycles. The summed E-state index contributed by atoms with van der Waals surface area (Å²) >= 11 is 0. The van der Waals surface area contributed by atoms with Crippen LogP contribution >= 0.6 is 0 Å². The first kappa shape index (κ1) is 23.8. The summed E-state index contributed by atoms with van der Waals surface area (Å²) in [6, 6.07) is 7.00. The Kier molecular flexibility index (Phi) is 5.47. The standard InChI is InChI=1S/C25H27F3N4O3/c1-22(34)13-16(14-22)19(33)32(18-5-3-4-17(12-18)29-2)15-23-6-9-24(10-7-23,11-8-23)20-30-21(35-31-20)25(26,27)28/h3-5,12,16,34H,6-11,13-15H2,1H3. The number of amides is 1. The Hall–Kier alpha value is -2.93. The van der Waals surface area contributed by atoms with E-state index >= 15 is 0 Å². The lowest BCUT2D eigenvalue weighted by molar-refractivity contribution is -0.159. The van der Waals surface area contributed by atoms with Gasteiger partial charge in [0.25, 0.3) is 0 Å². The minimum Gasteiger partial charge on any atom is -0.390 e. The van der Waals surface area contributed by atoms with Gasteiger partial charge in [0.2, 0.25) is 5.91 Å². The molecule has 2 aromatic rings. The molecule has 1 heterocycles. The van der Waals surface area contributed by atoms with Gasteiger partial charge in [0.05, 0.1) is 12.2 Å². The van der Waals surface area contributed by atoms with E-state index in [2.05, 4.69) is 19.5 Å². The molecule has 0 unspecified atom stereocenters. The van der Waals surface area contributed by atoms with Crippen LogP contribution in [0.2, 0.25) is 0 Å². The molecule has 1 aromatic carbocycles. The van der Waals surface area contributed by atoms with E-state index < -0.39 is 23.1 Å². The molecule has 6 rings (SSSR count). The fourth-order valence-electron chi connectivity index (χ4n) is 6.15. The maximum absolute atomic E-state index is 13.5. The summed E-state index contributed by atoms with van der Waals surface area (Å²) in [6.07, 6.45) is 0.236. The summed E-state index contributed by atoms with van der Waals surface area (Å²) in [4.78, 5) is 22.5. The van der Waals surface area contributed by atoms with E-state index in [1.807, 2.05) is 6.07 Å². The third-order valence-electron chi connectivity index (χ3n) is 8.30. The van der Waals surface area contributed by atoms with Crippen LogP contribution in [0.15, 0.2) is 28.8 Å². The fraction of sp³-hybridized carbons (Fsp3) is 0.600. The number of carbonyl (C=O) groups excluding carboxylic acids is 1. The third-order valence-corrected chi connectivity index (χ3v) is 8.30. The van der Waals surface area contributed by atoms with Crippen molar-refractivity contribution < 1.29 is 27.6 Å². The summed E-state index contributed by atoms with van der Waals surface area (Å²) < 4.78 is 43.5. The summed E-state index contributed by atoms with van der Waals surface area (Å²) in [5.41, 5.74) is -0.422. The van der Waals surface area contributed by atoms with Crippen LogP contribution in [-0.2, 0) is 16.4 Å². The number of benzene rings is 1. The van der Waals surface area contributed by atoms with E-state index in [9.17, 15) is 23.1 Å². The van der Waals surface area contributed by atoms with Gasteiger partial charge in [0.1, 0.15) is 0 Å². The molecule has 4 saturated carbocycles. The number of carbonyl (C=O) groups is 1. The molecule has 0 atom stereocenters. The Bertz CT molecular complexity index is 1150. The Morgan fingerprint density at radius 2 is 1.89 bits per heavy atom. The number of hydrogen-bond acceptors (Lipinski definition) is 5. The number of rotatable bonds is 5. The van der Waals surface area contributed by atoms with E-state index in [-0.39, 0.29) is 23.1 Å². The zero-order valence-corrected chi connectivity index (χ0v) is 19.4. The molecule has 4 aliphatic rings. The summed E-state index contributed by atoms with van der Waals surface area (Å²) in [7, 11) is 0. The Balaban J connectivity index is 1.37. The van der Waals surface area contributed by atoms with Crippen molar-refractivity contribution in [2.24, 2.45) is 11.3 Å². The van der Waals surface area contributed by atoms with Crippen LogP contribution in [0, 0.1) is 17.9 Å². The van der Waals surface area contributed by atoms with Gasteiger partial charge < -0.3 is 14.5 Å². The molecule has 1 aromatic heterocycles. The maximum atomic E-state index is 13.5. The third kappa shape index (κ3) is 4.31. The molecule has 1 N–H and O–H groups in total. The lowest BCUT2D eigenvalue weighted by atomic mass is 9.53. The average Bonchev–Trinajstić information content (AvgIpc) is 3.34. The molecule has 2 bridgehead atoms. The Labute approximate surface area is 201 Å². The second kappa shape index (κ2) is 8.05. The topological polar surface area (TPSA) is 83.8 Å². The van der Waals surface area contributed by atoms with Gasteiger partial charge in [-0.3, -0.25) is 4.79 Å². The van der Waals surface area contributed by atoms with Crippen LogP contribution in [-0.4, -0.2) is 33.3 Å². The van der Waals surface area contributed by atoms with E-state index in [1.165, 1.54) is 0 Å². The number of anilines is 1. The van der Waals surface area contributed by atoms with Gasteiger partial charge in [0, 0.05) is 23.6 Å². The van der Waals surface area contributed by atoms with Crippen LogP contribution in [0.4, 0.5) is 24.5 Å². The zero-order valence-electron chi connectivity index (χ0n) is 19.4. The van der Waals surface area contributed by atoms with Crippen molar-refractivity contribution in [3.8, 4) is 0 Å². The predicted molar refractivity (Wildman–Crippen MR) is 120 cm³/mol. The Morgan fingerprint density at radius 3 is 2.43 bits per heavy atom. The maximum Gasteiger partial charge on any atom is 0.471 e. The van der Waals surface area contributed by atoms with Crippen LogP contribution in [0.3, 0.4) is 0 Å². The molecule has 4 aliphatic carbocycles. The van der Waals surface area contributed by atoms with Crippen molar-refractivity contribution in [3.05, 3.63) is 47.4 Å². The second-order valence-electron chi connectivity index (χ2n) is 10.9. The highest BCUT2D eigenvalue weighted by Crippen LogP contribution is 2.58. The molecule has 7 nitrogen and oxygen atoms in total. The predicted octanol–water partition coefficient (Wildman–Crippen LogP) is 5.43. The molecular formula is C25H27F3N4O3. The second-order valence-corrected chi connectivity index (χ2v) is 10.9. The number of alkyl halides is 3. The first-order chi connectivity index (χ1) is 16.4. The van der Waals surface area contributed by atoms with Crippen molar-refractivity contribution >= 4 is 17.3 Å². The van der Waals surface area contributed by atoms with Crippen molar-refractivity contribution in [1.29, 1.82) is 0 Å². The van der Waals surface area contributed by atoms with Gasteiger partial charge in [-0.1, -0.05) is 17.3 Å². The van der Waals surface area contributed by atoms with Gasteiger partial charge >= 0.3 is 12.1 Å². The van der Waals surface area contributed by atoms with E-state index in [1.54, 1.807) is 30.0 Å². The summed E-state index contributed by atoms with van der Waals surface area (Å²) in [5, 5.41) is 13.9. The molecule has 186 valence electrons. The van der Waals surface area contributed by atoms with Crippen LogP contribution in [0.25, 0.3) is 4.85 Å². The highest BCUT2D eigenvalue weighted by Gasteiger charge is 2.54. The van der Waals surface area contributed by atoms with Crippen molar-refractivity contribution in [3.63, 3.8) is 0 Å². The van der Waals surface area contributed by atoms with Crippen molar-refractivity contribution in [1.82, 2.24) is 10.1 Å². The highest BCUT2D eigenvalue weighted by atomic mass is 19.4. The van der Waals surface area contributed by atoms with Gasteiger partial charge in [-0.15, -0.1) is 0 Å². The molecule has 0 radical (unpaired) electrons. The molecular weight excluding hydrogens is 461 g/mol. The highest BCUT2D eigenvalue weighted by molar-refractivity contribution is 5.96. The van der Waals surface area contributed by atoms with Gasteiger partial charge in [0.15, 0.2) is 11.5 Å². The van der Waals surface area contributed by atoms with E-state index in [4.69, 9.17) is 6.57 Å². The van der Waals surface area contributed by atoms with Gasteiger partial charge in [-0.25, -0.2) is 4.85 Å². The first-order valence-electron chi connectivity index (χ1n) is 11.9. The van der Waals surface area contributed by atoms with Crippen LogP contribution < -0.4 is 4.90 Å². The molecule has 0 saturated heterocycles. The van der Waals surface area contributed by atoms with E-state index in [0.717, 1.165) is 19.3 Å². The number of halogens is 3. The van der Waals surface area contributed by atoms with Crippen LogP contribution in [0.5, 0.6) is 0 Å². The lowest BCUT2D eigenvalue weighted by Crippen LogP contribution is -2.54. The molecule has 35 heavy (non-hydrogen) atoms. The number of aromatic nitrogens is 2. The minimum absolute atomic E-state index is 0.0524. The number of nitrogens with zero attached hydrogens (tertiary/aromatic N) is 4. The molecule has 4 fully saturated rings. The van der Waals surface area contributed by atoms with Crippen molar-refractivity contribution in [2.45, 2.75) is 75.5 Å². The summed E-state index contributed by atoms with van der Waals surface area (Å²) in [6.45, 7) is 9.55. The van der Waals surface area contributed by atoms with Crippen LogP contribution in [0.1, 0.15) is 70.0 Å². The monoisotopic (exact) mass is 488 g/mol. The smallest absolute Gasteiger partial charge is 0.390 e. The quantitative estimate of drug-likeness (QED) is 0.568. The number of hydrogen-bond donors (Lipinski definition) is 1. The number of fused-ring (bicyclic) bond motifs is 3. The fourth-order valence-corrected chi connectivity index (χ4v) is 6.15. The van der Waals surface area contributed by atoms with E-state index in [0.29, 0.717) is 50.0 Å². The first-order valence-corrected chi connectivity index (χ1v) is 11.9. The van der Waals surface area contributed by atoms with Crippen molar-refractivity contribution in [2.75, 3.05) is 11.4 Å². The zero-order chi connectivity index (χ0) is 25.1. The normalized spacial score (nSPS) is 32.1. The number of aliphatic hydroxyl groups is 1. The van der Waals surface area contributed by atoms with Gasteiger partial charge in [-0.2, -0.15) is 18.2 Å². The SMILES string of the molecule is [C-]#[N+]c1cccc(N(CC23CCC(c4noc(C(F)(F)F)n4)(CC2)CC3)C(=O)C2CC(C)(O)C2)c1. The molecule has 10 heteroatoms. The largest absolute Gasteiger partial charge is 0.471 e. The minimum atomic E-state index is -4.66. The lowest BCUT2D eigenvalue weighted by Gasteiger charge is -2.54. The Morgan fingerprint density at radius 1 is 1.23 bits per heavy atom. The molecule has 1 amide bonds. The molecule has 0 spiro atoms.